The molecule has 2 aliphatic rings. The fraction of sp³-hybridized carbons (Fsp3) is 0.381. The molecule has 1 amide bonds. The normalized spacial score (nSPS) is 26.7. The molecule has 2 fully saturated rings. The van der Waals surface area contributed by atoms with Crippen LogP contribution in [-0.4, -0.2) is 40.2 Å². The molecule has 28 heavy (non-hydrogen) atoms. The number of carbonyl (C=O) groups is 1. The Hall–Kier alpha value is -2.12. The number of aliphatic hydroxyl groups is 1. The number of phenolic OH excluding ortho intramolecular Hbond substituents is 1. The first kappa shape index (κ1) is 19.2. The number of hydrogen-bond acceptors (Lipinski definition) is 5. The number of carbonyl (C=O) groups excluding carboxylic acids is 1. The van der Waals surface area contributed by atoms with E-state index in [9.17, 15) is 15.0 Å². The van der Waals surface area contributed by atoms with Crippen molar-refractivity contribution in [3.05, 3.63) is 64.2 Å². The summed E-state index contributed by atoms with van der Waals surface area (Å²) >= 11 is 6.32. The fourth-order valence-corrected chi connectivity index (χ4v) is 4.61. The zero-order valence-electron chi connectivity index (χ0n) is 15.6. The molecule has 4 rings (SSSR count). The Kier molecular flexibility index (Phi) is 5.29. The number of amides is 1. The van der Waals surface area contributed by atoms with Crippen molar-refractivity contribution in [1.29, 1.82) is 0 Å². The molecule has 4 unspecified atom stereocenters. The van der Waals surface area contributed by atoms with E-state index in [1.807, 2.05) is 42.2 Å². The van der Waals surface area contributed by atoms with Gasteiger partial charge in [-0.1, -0.05) is 41.9 Å². The van der Waals surface area contributed by atoms with Crippen LogP contribution in [0.1, 0.15) is 35.2 Å². The van der Waals surface area contributed by atoms with Gasteiger partial charge >= 0.3 is 0 Å². The van der Waals surface area contributed by atoms with Crippen LogP contribution in [-0.2, 0) is 4.79 Å². The highest BCUT2D eigenvalue weighted by atomic mass is 35.5. The topological polar surface area (TPSA) is 84.8 Å². The van der Waals surface area contributed by atoms with Crippen molar-refractivity contribution in [2.45, 2.75) is 31.5 Å². The standard InChI is InChI=1S/C21H24ClN3O3/c1-12-10-16(27)14(11-15(12)22)18-17-19(24-23-18)21(28)25(8-5-9-26)20(17)13-6-3-2-4-7-13/h2-4,6-7,10-11,17-20,23-24,26-27H,5,8-9H2,1H3. The van der Waals surface area contributed by atoms with Gasteiger partial charge in [-0.3, -0.25) is 4.79 Å². The molecule has 4 atom stereocenters. The summed E-state index contributed by atoms with van der Waals surface area (Å²) in [6.07, 6.45) is 0.522. The minimum atomic E-state index is -0.409. The van der Waals surface area contributed by atoms with Gasteiger partial charge < -0.3 is 15.1 Å². The second kappa shape index (κ2) is 7.72. The number of nitrogens with zero attached hydrogens (tertiary/aromatic N) is 1. The van der Waals surface area contributed by atoms with Gasteiger partial charge in [-0.2, -0.15) is 0 Å². The van der Waals surface area contributed by atoms with Gasteiger partial charge in [0.15, 0.2) is 0 Å². The molecule has 2 aliphatic heterocycles. The first-order valence-corrected chi connectivity index (χ1v) is 9.87. The van der Waals surface area contributed by atoms with E-state index in [0.717, 1.165) is 11.1 Å². The predicted molar refractivity (Wildman–Crippen MR) is 107 cm³/mol. The SMILES string of the molecule is Cc1cc(O)c(C2NNC3C(=O)N(CCCO)C(c4ccccc4)C32)cc1Cl. The average molecular weight is 402 g/mol. The summed E-state index contributed by atoms with van der Waals surface area (Å²) in [6.45, 7) is 2.36. The molecular formula is C21H24ClN3O3. The molecule has 148 valence electrons. The van der Waals surface area contributed by atoms with Crippen molar-refractivity contribution in [2.75, 3.05) is 13.2 Å². The molecule has 0 bridgehead atoms. The fourth-order valence-electron chi connectivity index (χ4n) is 4.44. The maximum absolute atomic E-state index is 13.1. The Balaban J connectivity index is 1.77. The summed E-state index contributed by atoms with van der Waals surface area (Å²) in [6, 6.07) is 12.5. The van der Waals surface area contributed by atoms with Gasteiger partial charge in [-0.25, -0.2) is 10.9 Å². The number of aryl methyl sites for hydroxylation is 1. The minimum absolute atomic E-state index is 0.00000136. The molecule has 0 radical (unpaired) electrons. The molecule has 2 saturated heterocycles. The molecule has 7 heteroatoms. The molecule has 0 saturated carbocycles. The van der Waals surface area contributed by atoms with Crippen molar-refractivity contribution in [1.82, 2.24) is 15.8 Å². The third kappa shape index (κ3) is 3.16. The minimum Gasteiger partial charge on any atom is -0.508 e. The van der Waals surface area contributed by atoms with Crippen LogP contribution >= 0.6 is 11.6 Å². The Morgan fingerprint density at radius 3 is 2.57 bits per heavy atom. The Morgan fingerprint density at radius 1 is 1.14 bits per heavy atom. The van der Waals surface area contributed by atoms with Gasteiger partial charge in [-0.15, -0.1) is 0 Å². The summed E-state index contributed by atoms with van der Waals surface area (Å²) < 4.78 is 0. The lowest BCUT2D eigenvalue weighted by molar-refractivity contribution is -0.130. The van der Waals surface area contributed by atoms with Crippen LogP contribution in [0.25, 0.3) is 0 Å². The van der Waals surface area contributed by atoms with Gasteiger partial charge in [0.1, 0.15) is 11.8 Å². The van der Waals surface area contributed by atoms with E-state index in [1.165, 1.54) is 0 Å². The molecule has 2 aromatic carbocycles. The zero-order chi connectivity index (χ0) is 19.8. The number of benzene rings is 2. The first-order chi connectivity index (χ1) is 13.5. The Morgan fingerprint density at radius 2 is 1.86 bits per heavy atom. The lowest BCUT2D eigenvalue weighted by Crippen LogP contribution is -2.41. The van der Waals surface area contributed by atoms with E-state index < -0.39 is 6.04 Å². The molecule has 0 spiro atoms. The van der Waals surface area contributed by atoms with Crippen LogP contribution in [0.3, 0.4) is 0 Å². The highest BCUT2D eigenvalue weighted by Crippen LogP contribution is 2.49. The molecule has 0 aromatic heterocycles. The number of rotatable bonds is 5. The second-order valence-electron chi connectivity index (χ2n) is 7.45. The summed E-state index contributed by atoms with van der Waals surface area (Å²) in [7, 11) is 0. The summed E-state index contributed by atoms with van der Waals surface area (Å²) in [4.78, 5) is 15.0. The molecular weight excluding hydrogens is 378 g/mol. The number of aromatic hydroxyl groups is 1. The van der Waals surface area contributed by atoms with E-state index >= 15 is 0 Å². The molecule has 2 aromatic rings. The number of halogens is 1. The van der Waals surface area contributed by atoms with Crippen LogP contribution in [0.2, 0.25) is 5.02 Å². The van der Waals surface area contributed by atoms with Gasteiger partial charge in [0.05, 0.1) is 12.1 Å². The Labute approximate surface area is 169 Å². The number of fused-ring (bicyclic) bond motifs is 1. The largest absolute Gasteiger partial charge is 0.508 e. The Bertz CT molecular complexity index is 877. The van der Waals surface area contributed by atoms with Gasteiger partial charge in [0, 0.05) is 29.7 Å². The average Bonchev–Trinajstić information content (AvgIpc) is 3.23. The van der Waals surface area contributed by atoms with Gasteiger partial charge in [0.25, 0.3) is 0 Å². The molecule has 6 nitrogen and oxygen atoms in total. The quantitative estimate of drug-likeness (QED) is 0.618. The second-order valence-corrected chi connectivity index (χ2v) is 7.85. The smallest absolute Gasteiger partial charge is 0.242 e. The van der Waals surface area contributed by atoms with Crippen LogP contribution in [0.5, 0.6) is 5.75 Å². The number of aliphatic hydroxyl groups excluding tert-OH is 1. The van der Waals surface area contributed by atoms with Crippen molar-refractivity contribution >= 4 is 17.5 Å². The third-order valence-electron chi connectivity index (χ3n) is 5.75. The van der Waals surface area contributed by atoms with Crippen LogP contribution in [0.4, 0.5) is 0 Å². The van der Waals surface area contributed by atoms with E-state index in [1.54, 1.807) is 12.1 Å². The lowest BCUT2D eigenvalue weighted by Gasteiger charge is -2.31. The van der Waals surface area contributed by atoms with Crippen molar-refractivity contribution in [3.63, 3.8) is 0 Å². The predicted octanol–water partition coefficient (Wildman–Crippen LogP) is 2.45. The van der Waals surface area contributed by atoms with E-state index in [2.05, 4.69) is 10.9 Å². The third-order valence-corrected chi connectivity index (χ3v) is 6.16. The summed E-state index contributed by atoms with van der Waals surface area (Å²) in [5.41, 5.74) is 8.84. The molecule has 4 N–H and O–H groups in total. The van der Waals surface area contributed by atoms with E-state index in [-0.39, 0.29) is 36.3 Å². The number of likely N-dealkylation sites (tertiary alicyclic amines) is 1. The maximum Gasteiger partial charge on any atom is 0.242 e. The lowest BCUT2D eigenvalue weighted by atomic mass is 9.83. The van der Waals surface area contributed by atoms with Crippen molar-refractivity contribution in [2.24, 2.45) is 5.92 Å². The van der Waals surface area contributed by atoms with Crippen LogP contribution in [0, 0.1) is 12.8 Å². The highest BCUT2D eigenvalue weighted by Gasteiger charge is 2.55. The van der Waals surface area contributed by atoms with Crippen molar-refractivity contribution < 1.29 is 15.0 Å². The zero-order valence-corrected chi connectivity index (χ0v) is 16.4. The van der Waals surface area contributed by atoms with E-state index in [4.69, 9.17) is 11.6 Å². The number of nitrogens with one attached hydrogen (secondary N) is 2. The first-order valence-electron chi connectivity index (χ1n) is 9.49. The van der Waals surface area contributed by atoms with E-state index in [0.29, 0.717) is 23.6 Å². The molecule has 2 heterocycles. The summed E-state index contributed by atoms with van der Waals surface area (Å²) in [5.74, 6) is 0.0354. The molecule has 0 aliphatic carbocycles. The van der Waals surface area contributed by atoms with Crippen LogP contribution < -0.4 is 10.9 Å². The highest BCUT2D eigenvalue weighted by molar-refractivity contribution is 6.31. The van der Waals surface area contributed by atoms with Gasteiger partial charge in [0.2, 0.25) is 5.91 Å². The van der Waals surface area contributed by atoms with Crippen LogP contribution in [0.15, 0.2) is 42.5 Å². The monoisotopic (exact) mass is 401 g/mol. The summed E-state index contributed by atoms with van der Waals surface area (Å²) in [5, 5.41) is 20.4. The van der Waals surface area contributed by atoms with Gasteiger partial charge in [-0.05, 0) is 36.6 Å². The number of phenols is 1. The van der Waals surface area contributed by atoms with Crippen molar-refractivity contribution in [3.8, 4) is 5.75 Å². The number of hydrogen-bond donors (Lipinski definition) is 4. The number of hydrazine groups is 1. The maximum atomic E-state index is 13.1.